The van der Waals surface area contributed by atoms with E-state index in [4.69, 9.17) is 10.00 Å². The number of hydrogen-bond donors (Lipinski definition) is 1. The summed E-state index contributed by atoms with van der Waals surface area (Å²) in [7, 11) is 1.69. The number of ether oxygens (including phenoxy) is 1. The highest BCUT2D eigenvalue weighted by Crippen LogP contribution is 2.10. The third kappa shape index (κ3) is 6.85. The molecular formula is C14H18N2O2S. The number of methoxy groups -OCH3 is 1. The molecule has 4 nitrogen and oxygen atoms in total. The molecule has 0 atom stereocenters. The lowest BCUT2D eigenvalue weighted by Gasteiger charge is -2.05. The summed E-state index contributed by atoms with van der Waals surface area (Å²) in [6.07, 6.45) is 1.51. The summed E-state index contributed by atoms with van der Waals surface area (Å²) in [5.74, 6) is 1.83. The quantitative estimate of drug-likeness (QED) is 0.743. The number of nitrogens with zero attached hydrogens (tertiary/aromatic N) is 1. The zero-order valence-corrected chi connectivity index (χ0v) is 11.8. The van der Waals surface area contributed by atoms with Gasteiger partial charge >= 0.3 is 0 Å². The monoisotopic (exact) mass is 278 g/mol. The number of nitrogens with one attached hydrogen (secondary N) is 1. The number of amides is 1. The van der Waals surface area contributed by atoms with Crippen LogP contribution in [0.3, 0.4) is 0 Å². The molecule has 0 spiro atoms. The van der Waals surface area contributed by atoms with Crippen molar-refractivity contribution < 1.29 is 9.53 Å². The predicted octanol–water partition coefficient (Wildman–Crippen LogP) is 2.66. The van der Waals surface area contributed by atoms with Crippen molar-refractivity contribution in [2.75, 3.05) is 30.5 Å². The van der Waals surface area contributed by atoms with Crippen molar-refractivity contribution in [3.8, 4) is 6.07 Å². The number of carbonyl (C=O) groups excluding carboxylic acids is 1. The van der Waals surface area contributed by atoms with Crippen LogP contribution in [0.5, 0.6) is 0 Å². The second kappa shape index (κ2) is 9.42. The van der Waals surface area contributed by atoms with Gasteiger partial charge in [0.05, 0.1) is 11.6 Å². The lowest BCUT2D eigenvalue weighted by Crippen LogP contribution is -2.12. The third-order valence-electron chi connectivity index (χ3n) is 2.41. The first kappa shape index (κ1) is 15.5. The Morgan fingerprint density at radius 1 is 1.37 bits per heavy atom. The standard InChI is InChI=1S/C14H18N2O2S/c1-18-8-2-9-19-10-7-14(17)16-13-5-3-12(11-15)4-6-13/h3-6H,2,7-10H2,1H3,(H,16,17). The molecule has 1 N–H and O–H groups in total. The van der Waals surface area contributed by atoms with Crippen LogP contribution in [0.2, 0.25) is 0 Å². The molecule has 0 aliphatic heterocycles. The molecule has 19 heavy (non-hydrogen) atoms. The zero-order valence-electron chi connectivity index (χ0n) is 11.0. The number of carbonyl (C=O) groups is 1. The largest absolute Gasteiger partial charge is 0.385 e. The van der Waals surface area contributed by atoms with Gasteiger partial charge in [-0.25, -0.2) is 0 Å². The van der Waals surface area contributed by atoms with E-state index in [1.54, 1.807) is 43.1 Å². The predicted molar refractivity (Wildman–Crippen MR) is 78.2 cm³/mol. The van der Waals surface area contributed by atoms with E-state index in [1.807, 2.05) is 6.07 Å². The van der Waals surface area contributed by atoms with Gasteiger partial charge in [0.1, 0.15) is 0 Å². The zero-order chi connectivity index (χ0) is 13.9. The van der Waals surface area contributed by atoms with Gasteiger partial charge in [0.2, 0.25) is 5.91 Å². The highest BCUT2D eigenvalue weighted by atomic mass is 32.2. The van der Waals surface area contributed by atoms with Gasteiger partial charge in [-0.05, 0) is 36.4 Å². The molecule has 102 valence electrons. The number of nitriles is 1. The van der Waals surface area contributed by atoms with Crippen LogP contribution in [-0.2, 0) is 9.53 Å². The molecule has 0 saturated heterocycles. The number of benzene rings is 1. The molecule has 0 aromatic heterocycles. The van der Waals surface area contributed by atoms with Gasteiger partial charge in [-0.2, -0.15) is 17.0 Å². The fraction of sp³-hybridized carbons (Fsp3) is 0.429. The molecule has 0 aliphatic carbocycles. The Hall–Kier alpha value is -1.51. The van der Waals surface area contributed by atoms with E-state index in [1.165, 1.54) is 0 Å². The van der Waals surface area contributed by atoms with Crippen LogP contribution in [0.25, 0.3) is 0 Å². The molecule has 5 heteroatoms. The molecule has 0 radical (unpaired) electrons. The molecule has 1 aromatic carbocycles. The number of rotatable bonds is 8. The summed E-state index contributed by atoms with van der Waals surface area (Å²) in [4.78, 5) is 11.6. The van der Waals surface area contributed by atoms with Gasteiger partial charge < -0.3 is 10.1 Å². The average molecular weight is 278 g/mol. The van der Waals surface area contributed by atoms with Crippen molar-refractivity contribution >= 4 is 23.4 Å². The SMILES string of the molecule is COCCCSCCC(=O)Nc1ccc(C#N)cc1. The summed E-state index contributed by atoms with van der Waals surface area (Å²) in [6.45, 7) is 0.768. The van der Waals surface area contributed by atoms with Gasteiger partial charge in [0.15, 0.2) is 0 Å². The molecule has 0 aliphatic rings. The summed E-state index contributed by atoms with van der Waals surface area (Å²) in [6, 6.07) is 8.90. The highest BCUT2D eigenvalue weighted by molar-refractivity contribution is 7.99. The molecule has 1 aromatic rings. The first-order chi connectivity index (χ1) is 9.26. The molecular weight excluding hydrogens is 260 g/mol. The average Bonchev–Trinajstić information content (AvgIpc) is 2.43. The van der Waals surface area contributed by atoms with Gasteiger partial charge in [-0.1, -0.05) is 0 Å². The topological polar surface area (TPSA) is 62.1 Å². The van der Waals surface area contributed by atoms with E-state index in [0.717, 1.165) is 30.2 Å². The Labute approximate surface area is 118 Å². The van der Waals surface area contributed by atoms with Gasteiger partial charge in [-0.15, -0.1) is 0 Å². The maximum Gasteiger partial charge on any atom is 0.225 e. The molecule has 1 amide bonds. The molecule has 1 rings (SSSR count). The smallest absolute Gasteiger partial charge is 0.225 e. The highest BCUT2D eigenvalue weighted by Gasteiger charge is 2.02. The lowest BCUT2D eigenvalue weighted by atomic mass is 10.2. The van der Waals surface area contributed by atoms with Crippen LogP contribution < -0.4 is 5.32 Å². The van der Waals surface area contributed by atoms with Crippen molar-refractivity contribution in [1.82, 2.24) is 0 Å². The summed E-state index contributed by atoms with van der Waals surface area (Å²) in [5.41, 5.74) is 1.32. The van der Waals surface area contributed by atoms with Crippen molar-refractivity contribution in [1.29, 1.82) is 5.26 Å². The fourth-order valence-corrected chi connectivity index (χ4v) is 2.28. The van der Waals surface area contributed by atoms with Crippen LogP contribution in [0, 0.1) is 11.3 Å². The Kier molecular flexibility index (Phi) is 7.71. The number of anilines is 1. The minimum Gasteiger partial charge on any atom is -0.385 e. The number of thioether (sulfide) groups is 1. The van der Waals surface area contributed by atoms with Crippen molar-refractivity contribution in [3.63, 3.8) is 0 Å². The lowest BCUT2D eigenvalue weighted by molar-refractivity contribution is -0.115. The molecule has 0 heterocycles. The summed E-state index contributed by atoms with van der Waals surface area (Å²) >= 11 is 1.75. The van der Waals surface area contributed by atoms with E-state index in [-0.39, 0.29) is 5.91 Å². The minimum absolute atomic E-state index is 0.00366. The maximum atomic E-state index is 11.6. The maximum absolute atomic E-state index is 11.6. The van der Waals surface area contributed by atoms with Crippen molar-refractivity contribution in [2.45, 2.75) is 12.8 Å². The first-order valence-corrected chi connectivity index (χ1v) is 7.28. The van der Waals surface area contributed by atoms with Crippen LogP contribution in [-0.4, -0.2) is 31.1 Å². The van der Waals surface area contributed by atoms with E-state index < -0.39 is 0 Å². The number of hydrogen-bond acceptors (Lipinski definition) is 4. The van der Waals surface area contributed by atoms with Crippen LogP contribution in [0.15, 0.2) is 24.3 Å². The van der Waals surface area contributed by atoms with Crippen molar-refractivity contribution in [2.24, 2.45) is 0 Å². The molecule has 0 bridgehead atoms. The Morgan fingerprint density at radius 2 is 2.11 bits per heavy atom. The molecule has 0 unspecified atom stereocenters. The van der Waals surface area contributed by atoms with Gasteiger partial charge in [-0.3, -0.25) is 4.79 Å². The molecule has 0 saturated carbocycles. The van der Waals surface area contributed by atoms with E-state index >= 15 is 0 Å². The van der Waals surface area contributed by atoms with E-state index in [0.29, 0.717) is 12.0 Å². The second-order valence-corrected chi connectivity index (χ2v) is 5.17. The molecule has 0 fully saturated rings. The van der Waals surface area contributed by atoms with Crippen molar-refractivity contribution in [3.05, 3.63) is 29.8 Å². The fourth-order valence-electron chi connectivity index (χ4n) is 1.42. The normalized spacial score (nSPS) is 9.89. The van der Waals surface area contributed by atoms with Gasteiger partial charge in [0, 0.05) is 31.6 Å². The first-order valence-electron chi connectivity index (χ1n) is 6.13. The summed E-state index contributed by atoms with van der Waals surface area (Å²) in [5, 5.41) is 11.5. The second-order valence-electron chi connectivity index (χ2n) is 3.95. The Bertz CT molecular complexity index is 426. The van der Waals surface area contributed by atoms with Crippen LogP contribution in [0.1, 0.15) is 18.4 Å². The van der Waals surface area contributed by atoms with Crippen LogP contribution in [0.4, 0.5) is 5.69 Å². The summed E-state index contributed by atoms with van der Waals surface area (Å²) < 4.78 is 4.95. The minimum atomic E-state index is 0.00366. The third-order valence-corrected chi connectivity index (χ3v) is 3.48. The van der Waals surface area contributed by atoms with Crippen LogP contribution >= 0.6 is 11.8 Å². The Morgan fingerprint density at radius 3 is 2.74 bits per heavy atom. The van der Waals surface area contributed by atoms with Gasteiger partial charge in [0.25, 0.3) is 0 Å². The van der Waals surface area contributed by atoms with E-state index in [9.17, 15) is 4.79 Å². The van der Waals surface area contributed by atoms with E-state index in [2.05, 4.69) is 5.32 Å². The Balaban J connectivity index is 2.18.